The third kappa shape index (κ3) is 4.36. The van der Waals surface area contributed by atoms with Crippen molar-refractivity contribution in [1.29, 1.82) is 0 Å². The number of aryl methyl sites for hydroxylation is 3. The molecule has 12 nitrogen and oxygen atoms in total. The van der Waals surface area contributed by atoms with Crippen molar-refractivity contribution >= 4 is 22.9 Å². The lowest BCUT2D eigenvalue weighted by molar-refractivity contribution is -0.158. The van der Waals surface area contributed by atoms with E-state index >= 15 is 0 Å². The first kappa shape index (κ1) is 21.2. The Morgan fingerprint density at radius 2 is 2.10 bits per heavy atom. The number of hydrogen-bond donors (Lipinski definition) is 4. The molecule has 166 valence electrons. The number of imidazole rings is 1. The quantitative estimate of drug-likeness (QED) is 0.380. The van der Waals surface area contributed by atoms with Gasteiger partial charge < -0.3 is 30.6 Å². The Hall–Kier alpha value is -3.09. The average Bonchev–Trinajstić information content (AvgIpc) is 3.29. The zero-order valence-electron chi connectivity index (χ0n) is 17.3. The summed E-state index contributed by atoms with van der Waals surface area (Å²) in [5.41, 5.74) is 8.74. The smallest absolute Gasteiger partial charge is 0.222 e. The van der Waals surface area contributed by atoms with Crippen molar-refractivity contribution in [2.45, 2.75) is 57.7 Å². The summed E-state index contributed by atoms with van der Waals surface area (Å²) in [4.78, 5) is 24.5. The molecule has 0 unspecified atom stereocenters. The topological polar surface area (TPSA) is 166 Å². The number of carbonyl (C=O) groups is 1. The zero-order valence-corrected chi connectivity index (χ0v) is 17.3. The minimum Gasteiger partial charge on any atom is -0.388 e. The van der Waals surface area contributed by atoms with Gasteiger partial charge in [0.15, 0.2) is 11.5 Å². The lowest BCUT2D eigenvalue weighted by atomic mass is 9.97. The van der Waals surface area contributed by atoms with E-state index in [0.29, 0.717) is 17.7 Å². The SMILES string of the molecule is Cc1cc(C)n(CCC(=O)N[C@@H]2CO[C@H](Cn3cnc4ncnc(N)c43)[C@@H](O)[C@H]2O)n1. The van der Waals surface area contributed by atoms with Gasteiger partial charge in [-0.2, -0.15) is 5.10 Å². The molecule has 3 aromatic heterocycles. The number of nitrogen functional groups attached to an aromatic ring is 1. The van der Waals surface area contributed by atoms with E-state index in [1.54, 1.807) is 9.25 Å². The van der Waals surface area contributed by atoms with Crippen molar-refractivity contribution in [2.24, 2.45) is 0 Å². The highest BCUT2D eigenvalue weighted by atomic mass is 16.5. The number of hydrogen-bond acceptors (Lipinski definition) is 9. The summed E-state index contributed by atoms with van der Waals surface area (Å²) in [6.45, 7) is 4.51. The largest absolute Gasteiger partial charge is 0.388 e. The fourth-order valence-electron chi connectivity index (χ4n) is 3.82. The fourth-order valence-corrected chi connectivity index (χ4v) is 3.82. The lowest BCUT2D eigenvalue weighted by Gasteiger charge is -2.38. The molecule has 31 heavy (non-hydrogen) atoms. The Balaban J connectivity index is 1.34. The molecule has 1 aliphatic heterocycles. The number of nitrogens with zero attached hydrogens (tertiary/aromatic N) is 6. The van der Waals surface area contributed by atoms with Crippen molar-refractivity contribution in [3.63, 3.8) is 0 Å². The van der Waals surface area contributed by atoms with E-state index in [1.807, 2.05) is 19.9 Å². The Labute approximate surface area is 178 Å². The van der Waals surface area contributed by atoms with Crippen LogP contribution >= 0.6 is 0 Å². The van der Waals surface area contributed by atoms with Crippen LogP contribution in [0.2, 0.25) is 0 Å². The summed E-state index contributed by atoms with van der Waals surface area (Å²) in [5.74, 6) is 0.0116. The molecule has 1 fully saturated rings. The summed E-state index contributed by atoms with van der Waals surface area (Å²) in [7, 11) is 0. The van der Waals surface area contributed by atoms with Gasteiger partial charge in [0.2, 0.25) is 5.91 Å². The Morgan fingerprint density at radius 3 is 2.84 bits per heavy atom. The van der Waals surface area contributed by atoms with Crippen LogP contribution in [0.15, 0.2) is 18.7 Å². The van der Waals surface area contributed by atoms with Crippen LogP contribution in [0.25, 0.3) is 11.2 Å². The van der Waals surface area contributed by atoms with Crippen LogP contribution < -0.4 is 11.1 Å². The number of aliphatic hydroxyl groups is 2. The Morgan fingerprint density at radius 1 is 1.29 bits per heavy atom. The zero-order chi connectivity index (χ0) is 22.1. The van der Waals surface area contributed by atoms with Gasteiger partial charge >= 0.3 is 0 Å². The maximum absolute atomic E-state index is 12.3. The Bertz CT molecular complexity index is 1080. The van der Waals surface area contributed by atoms with Gasteiger partial charge in [0, 0.05) is 18.7 Å². The van der Waals surface area contributed by atoms with Crippen LogP contribution in [0.3, 0.4) is 0 Å². The highest BCUT2D eigenvalue weighted by Crippen LogP contribution is 2.21. The minimum atomic E-state index is -1.21. The van der Waals surface area contributed by atoms with E-state index in [9.17, 15) is 15.0 Å². The van der Waals surface area contributed by atoms with E-state index in [-0.39, 0.29) is 31.3 Å². The molecular weight excluding hydrogens is 404 g/mol. The van der Waals surface area contributed by atoms with E-state index in [0.717, 1.165) is 11.4 Å². The number of rotatable bonds is 6. The van der Waals surface area contributed by atoms with Crippen LogP contribution in [-0.4, -0.2) is 76.4 Å². The molecule has 1 aliphatic rings. The van der Waals surface area contributed by atoms with Crippen LogP contribution in [0.4, 0.5) is 5.82 Å². The highest BCUT2D eigenvalue weighted by molar-refractivity contribution is 5.81. The monoisotopic (exact) mass is 430 g/mol. The molecule has 0 aliphatic carbocycles. The predicted molar refractivity (Wildman–Crippen MR) is 110 cm³/mol. The molecule has 0 radical (unpaired) electrons. The average molecular weight is 430 g/mol. The summed E-state index contributed by atoms with van der Waals surface area (Å²) >= 11 is 0. The number of amides is 1. The first-order valence-corrected chi connectivity index (χ1v) is 10.0. The van der Waals surface area contributed by atoms with Crippen molar-refractivity contribution in [3.05, 3.63) is 30.1 Å². The molecule has 0 aromatic carbocycles. The van der Waals surface area contributed by atoms with Crippen molar-refractivity contribution in [2.75, 3.05) is 12.3 Å². The van der Waals surface area contributed by atoms with Gasteiger partial charge in [0.25, 0.3) is 0 Å². The third-order valence-corrected chi connectivity index (χ3v) is 5.45. The number of aromatic nitrogens is 6. The van der Waals surface area contributed by atoms with Crippen LogP contribution in [0.1, 0.15) is 17.8 Å². The van der Waals surface area contributed by atoms with E-state index in [4.69, 9.17) is 10.5 Å². The number of nitrogens with two attached hydrogens (primary N) is 1. The van der Waals surface area contributed by atoms with Crippen LogP contribution in [0.5, 0.6) is 0 Å². The summed E-state index contributed by atoms with van der Waals surface area (Å²) < 4.78 is 9.19. The second-order valence-corrected chi connectivity index (χ2v) is 7.76. The molecule has 0 saturated carbocycles. The second-order valence-electron chi connectivity index (χ2n) is 7.76. The first-order valence-electron chi connectivity index (χ1n) is 10.0. The van der Waals surface area contributed by atoms with Crippen LogP contribution in [0, 0.1) is 13.8 Å². The van der Waals surface area contributed by atoms with Crippen molar-refractivity contribution in [1.82, 2.24) is 34.6 Å². The van der Waals surface area contributed by atoms with Gasteiger partial charge in [-0.25, -0.2) is 15.0 Å². The third-order valence-electron chi connectivity index (χ3n) is 5.45. The number of carbonyl (C=O) groups excluding carboxylic acids is 1. The standard InChI is InChI=1S/C19H26N8O4/c1-10-5-11(2)27(25-10)4-3-14(28)24-12-7-31-13(17(30)16(12)29)6-26-9-23-19-15(26)18(20)21-8-22-19/h5,8-9,12-13,16-17,29-30H,3-4,6-7H2,1-2H3,(H,24,28)(H2,20,21,22)/t12-,13-,16+,17-/m1/s1. The molecule has 4 rings (SSSR count). The summed E-state index contributed by atoms with van der Waals surface area (Å²) in [5, 5.41) is 28.2. The molecule has 1 amide bonds. The summed E-state index contributed by atoms with van der Waals surface area (Å²) in [6, 6.07) is 1.23. The molecule has 4 atom stereocenters. The predicted octanol–water partition coefficient (Wildman–Crippen LogP) is -1.08. The maximum atomic E-state index is 12.3. The van der Waals surface area contributed by atoms with Crippen molar-refractivity contribution < 1.29 is 19.7 Å². The first-order chi connectivity index (χ1) is 14.8. The number of aliphatic hydroxyl groups excluding tert-OH is 2. The fraction of sp³-hybridized carbons (Fsp3) is 0.526. The highest BCUT2D eigenvalue weighted by Gasteiger charge is 2.39. The second kappa shape index (κ2) is 8.57. The van der Waals surface area contributed by atoms with E-state index < -0.39 is 24.4 Å². The van der Waals surface area contributed by atoms with Crippen molar-refractivity contribution in [3.8, 4) is 0 Å². The van der Waals surface area contributed by atoms with E-state index in [2.05, 4.69) is 25.4 Å². The maximum Gasteiger partial charge on any atom is 0.222 e. The Kier molecular flexibility index (Phi) is 5.85. The van der Waals surface area contributed by atoms with Gasteiger partial charge in [-0.3, -0.25) is 9.48 Å². The van der Waals surface area contributed by atoms with Crippen LogP contribution in [-0.2, 0) is 22.6 Å². The number of ether oxygens (including phenoxy) is 1. The number of anilines is 1. The lowest BCUT2D eigenvalue weighted by Crippen LogP contribution is -2.60. The molecule has 0 bridgehead atoms. The van der Waals surface area contributed by atoms with Gasteiger partial charge in [-0.1, -0.05) is 0 Å². The molecule has 12 heteroatoms. The molecule has 4 heterocycles. The molecule has 0 spiro atoms. The number of fused-ring (bicyclic) bond motifs is 1. The molecular formula is C19H26N8O4. The normalized spacial score (nSPS) is 23.9. The van der Waals surface area contributed by atoms with Gasteiger partial charge in [0.1, 0.15) is 30.2 Å². The summed E-state index contributed by atoms with van der Waals surface area (Å²) in [6.07, 6.45) is -0.0453. The molecule has 3 aromatic rings. The minimum absolute atomic E-state index is 0.0626. The van der Waals surface area contributed by atoms with E-state index in [1.165, 1.54) is 12.7 Å². The van der Waals surface area contributed by atoms with Gasteiger partial charge in [-0.05, 0) is 19.9 Å². The number of nitrogens with one attached hydrogen (secondary N) is 1. The van der Waals surface area contributed by atoms with Gasteiger partial charge in [-0.15, -0.1) is 0 Å². The van der Waals surface area contributed by atoms with Gasteiger partial charge in [0.05, 0.1) is 31.2 Å². The molecule has 1 saturated heterocycles. The molecule has 5 N–H and O–H groups in total.